The Morgan fingerprint density at radius 2 is 2.27 bits per heavy atom. The first-order chi connectivity index (χ1) is 5.16. The molecule has 62 valence electrons. The highest BCUT2D eigenvalue weighted by molar-refractivity contribution is 7.20. The minimum Gasteiger partial charge on any atom is -0.390 e. The summed E-state index contributed by atoms with van der Waals surface area (Å²) in [6.07, 6.45) is 0. The van der Waals surface area contributed by atoms with E-state index in [0.717, 1.165) is 20.5 Å². The highest BCUT2D eigenvalue weighted by Gasteiger charge is 2.10. The van der Waals surface area contributed by atoms with E-state index in [1.807, 2.05) is 6.92 Å². The lowest BCUT2D eigenvalue weighted by Crippen LogP contribution is -1.90. The lowest BCUT2D eigenvalue weighted by Gasteiger charge is -1.97. The molecule has 1 aromatic rings. The molecule has 0 atom stereocenters. The Morgan fingerprint density at radius 1 is 1.64 bits per heavy atom. The second kappa shape index (κ2) is 3.43. The number of hydrogen-bond acceptors (Lipinski definition) is 3. The number of hydrogen-bond donors (Lipinski definition) is 1. The first-order valence-electron chi connectivity index (χ1n) is 3.19. The Morgan fingerprint density at radius 3 is 2.64 bits per heavy atom. The van der Waals surface area contributed by atoms with Crippen molar-refractivity contribution >= 4 is 27.9 Å². The summed E-state index contributed by atoms with van der Waals surface area (Å²) in [6.45, 7) is 2.49. The van der Waals surface area contributed by atoms with Crippen molar-refractivity contribution in [2.45, 2.75) is 13.5 Å². The zero-order chi connectivity index (χ0) is 8.43. The standard InChI is InChI=1S/C7H10ClNOS/c1-4-5(3-10-2)6(8)11-7(4)9/h3,9H2,1-2H3. The molecule has 1 aromatic heterocycles. The average Bonchev–Trinajstić information content (AvgIpc) is 2.17. The molecule has 0 aromatic carbocycles. The van der Waals surface area contributed by atoms with E-state index in [-0.39, 0.29) is 0 Å². The first kappa shape index (κ1) is 8.84. The van der Waals surface area contributed by atoms with Crippen LogP contribution in [-0.4, -0.2) is 7.11 Å². The molecule has 0 bridgehead atoms. The Bertz CT molecular complexity index is 259. The van der Waals surface area contributed by atoms with Gasteiger partial charge in [-0.1, -0.05) is 11.6 Å². The molecule has 0 unspecified atom stereocenters. The van der Waals surface area contributed by atoms with Crippen LogP contribution in [0.5, 0.6) is 0 Å². The molecule has 1 rings (SSSR count). The van der Waals surface area contributed by atoms with E-state index < -0.39 is 0 Å². The van der Waals surface area contributed by atoms with Gasteiger partial charge in [0.1, 0.15) is 4.34 Å². The van der Waals surface area contributed by atoms with E-state index in [1.54, 1.807) is 7.11 Å². The van der Waals surface area contributed by atoms with Gasteiger partial charge in [0.15, 0.2) is 0 Å². The summed E-state index contributed by atoms with van der Waals surface area (Å²) in [5.74, 6) is 0. The van der Waals surface area contributed by atoms with Gasteiger partial charge in [-0.05, 0) is 12.5 Å². The Labute approximate surface area is 74.9 Å². The molecular formula is C7H10ClNOS. The average molecular weight is 192 g/mol. The number of ether oxygens (including phenoxy) is 1. The molecule has 0 radical (unpaired) electrons. The Kier molecular flexibility index (Phi) is 2.76. The number of halogens is 1. The number of nitrogens with two attached hydrogens (primary N) is 1. The molecule has 0 saturated carbocycles. The maximum atomic E-state index is 5.89. The molecule has 0 fully saturated rings. The Hall–Kier alpha value is -0.250. The third-order valence-electron chi connectivity index (χ3n) is 1.55. The van der Waals surface area contributed by atoms with Crippen LogP contribution < -0.4 is 5.73 Å². The highest BCUT2D eigenvalue weighted by atomic mass is 35.5. The van der Waals surface area contributed by atoms with Gasteiger partial charge in [0.2, 0.25) is 0 Å². The van der Waals surface area contributed by atoms with Crippen LogP contribution >= 0.6 is 22.9 Å². The fourth-order valence-corrected chi connectivity index (χ4v) is 2.09. The summed E-state index contributed by atoms with van der Waals surface area (Å²) in [6, 6.07) is 0. The van der Waals surface area contributed by atoms with Crippen LogP contribution in [0.15, 0.2) is 0 Å². The maximum Gasteiger partial charge on any atom is 0.101 e. The van der Waals surface area contributed by atoms with Gasteiger partial charge in [-0.25, -0.2) is 0 Å². The van der Waals surface area contributed by atoms with Crippen molar-refractivity contribution in [1.29, 1.82) is 0 Å². The topological polar surface area (TPSA) is 35.2 Å². The number of rotatable bonds is 2. The van der Waals surface area contributed by atoms with Crippen LogP contribution in [0.4, 0.5) is 5.00 Å². The maximum absolute atomic E-state index is 5.89. The number of anilines is 1. The molecule has 0 aliphatic carbocycles. The molecule has 4 heteroatoms. The lowest BCUT2D eigenvalue weighted by molar-refractivity contribution is 0.185. The molecular weight excluding hydrogens is 182 g/mol. The molecule has 1 heterocycles. The monoisotopic (exact) mass is 191 g/mol. The smallest absolute Gasteiger partial charge is 0.101 e. The van der Waals surface area contributed by atoms with Crippen LogP contribution in [0, 0.1) is 6.92 Å². The second-order valence-corrected chi connectivity index (χ2v) is 3.93. The van der Waals surface area contributed by atoms with Crippen LogP contribution in [0.3, 0.4) is 0 Å². The van der Waals surface area contributed by atoms with Crippen LogP contribution in [0.1, 0.15) is 11.1 Å². The quantitative estimate of drug-likeness (QED) is 0.780. The molecule has 0 amide bonds. The van der Waals surface area contributed by atoms with Crippen LogP contribution in [-0.2, 0) is 11.3 Å². The minimum absolute atomic E-state index is 0.540. The molecule has 0 spiro atoms. The fourth-order valence-electron chi connectivity index (χ4n) is 0.840. The number of nitrogen functional groups attached to an aromatic ring is 1. The fraction of sp³-hybridized carbons (Fsp3) is 0.429. The molecule has 11 heavy (non-hydrogen) atoms. The summed E-state index contributed by atoms with van der Waals surface area (Å²) in [5.41, 5.74) is 7.70. The van der Waals surface area contributed by atoms with Gasteiger partial charge in [0.25, 0.3) is 0 Å². The molecule has 2 nitrogen and oxygen atoms in total. The van der Waals surface area contributed by atoms with Gasteiger partial charge in [-0.3, -0.25) is 0 Å². The summed E-state index contributed by atoms with van der Waals surface area (Å²) in [7, 11) is 1.64. The highest BCUT2D eigenvalue weighted by Crippen LogP contribution is 2.34. The van der Waals surface area contributed by atoms with Crippen LogP contribution in [0.2, 0.25) is 4.34 Å². The summed E-state index contributed by atoms with van der Waals surface area (Å²) in [4.78, 5) is 0. The SMILES string of the molecule is COCc1c(Cl)sc(N)c1C. The van der Waals surface area contributed by atoms with E-state index in [4.69, 9.17) is 22.1 Å². The third-order valence-corrected chi connectivity index (χ3v) is 2.96. The van der Waals surface area contributed by atoms with E-state index in [0.29, 0.717) is 6.61 Å². The van der Waals surface area contributed by atoms with E-state index in [1.165, 1.54) is 11.3 Å². The van der Waals surface area contributed by atoms with Crippen molar-refractivity contribution in [2.24, 2.45) is 0 Å². The molecule has 0 aliphatic heterocycles. The molecule has 0 saturated heterocycles. The largest absolute Gasteiger partial charge is 0.390 e. The molecule has 2 N–H and O–H groups in total. The van der Waals surface area contributed by atoms with E-state index in [9.17, 15) is 0 Å². The van der Waals surface area contributed by atoms with Gasteiger partial charge in [-0.15, -0.1) is 11.3 Å². The number of thiophene rings is 1. The summed E-state index contributed by atoms with van der Waals surface area (Å²) in [5, 5.41) is 0.780. The normalized spacial score (nSPS) is 10.5. The van der Waals surface area contributed by atoms with Gasteiger partial charge in [-0.2, -0.15) is 0 Å². The van der Waals surface area contributed by atoms with Gasteiger partial charge >= 0.3 is 0 Å². The number of methoxy groups -OCH3 is 1. The van der Waals surface area contributed by atoms with Crippen molar-refractivity contribution in [3.63, 3.8) is 0 Å². The molecule has 0 aliphatic rings. The third kappa shape index (κ3) is 1.67. The summed E-state index contributed by atoms with van der Waals surface area (Å²) >= 11 is 7.29. The van der Waals surface area contributed by atoms with Crippen molar-refractivity contribution in [3.05, 3.63) is 15.5 Å². The van der Waals surface area contributed by atoms with E-state index >= 15 is 0 Å². The minimum atomic E-state index is 0.540. The van der Waals surface area contributed by atoms with Crippen molar-refractivity contribution < 1.29 is 4.74 Å². The van der Waals surface area contributed by atoms with Crippen molar-refractivity contribution in [2.75, 3.05) is 12.8 Å². The summed E-state index contributed by atoms with van der Waals surface area (Å²) < 4.78 is 5.71. The zero-order valence-electron chi connectivity index (χ0n) is 6.48. The van der Waals surface area contributed by atoms with Crippen molar-refractivity contribution in [1.82, 2.24) is 0 Å². The van der Waals surface area contributed by atoms with Crippen LogP contribution in [0.25, 0.3) is 0 Å². The second-order valence-electron chi connectivity index (χ2n) is 2.28. The van der Waals surface area contributed by atoms with E-state index in [2.05, 4.69) is 0 Å². The predicted octanol–water partition coefficient (Wildman–Crippen LogP) is 2.44. The Balaban J connectivity index is 3.02. The zero-order valence-corrected chi connectivity index (χ0v) is 8.05. The lowest BCUT2D eigenvalue weighted by atomic mass is 10.2. The van der Waals surface area contributed by atoms with Gasteiger partial charge in [0, 0.05) is 12.7 Å². The van der Waals surface area contributed by atoms with Gasteiger partial charge in [0.05, 0.1) is 11.6 Å². The van der Waals surface area contributed by atoms with Crippen molar-refractivity contribution in [3.8, 4) is 0 Å². The predicted molar refractivity (Wildman–Crippen MR) is 49.2 cm³/mol. The first-order valence-corrected chi connectivity index (χ1v) is 4.38. The van der Waals surface area contributed by atoms with Gasteiger partial charge < -0.3 is 10.5 Å².